The standard InChI is InChI=1S/C21H20N4O4/c1-13-7-8-18(28-2)16(9-13)25-19-12-22-17(11-23-19)20(26)24-15-6-4-5-14(10-15)21(27)29-3/h4-12H,1-3H3,(H,23,25)(H,24,26). The molecule has 0 aliphatic rings. The van der Waals surface area contributed by atoms with Crippen LogP contribution in [0.2, 0.25) is 0 Å². The molecule has 0 unspecified atom stereocenters. The van der Waals surface area contributed by atoms with E-state index in [1.807, 2.05) is 25.1 Å². The van der Waals surface area contributed by atoms with E-state index in [1.165, 1.54) is 25.6 Å². The van der Waals surface area contributed by atoms with Gasteiger partial charge in [-0.05, 0) is 42.8 Å². The van der Waals surface area contributed by atoms with Gasteiger partial charge in [0.25, 0.3) is 5.91 Å². The number of hydrogen-bond donors (Lipinski definition) is 2. The molecule has 1 amide bonds. The second-order valence-corrected chi connectivity index (χ2v) is 6.14. The highest BCUT2D eigenvalue weighted by Crippen LogP contribution is 2.27. The molecule has 8 nitrogen and oxygen atoms in total. The highest BCUT2D eigenvalue weighted by Gasteiger charge is 2.12. The summed E-state index contributed by atoms with van der Waals surface area (Å²) in [5.74, 6) is 0.213. The van der Waals surface area contributed by atoms with Crippen molar-refractivity contribution in [2.75, 3.05) is 24.9 Å². The van der Waals surface area contributed by atoms with Crippen molar-refractivity contribution in [3.05, 3.63) is 71.7 Å². The van der Waals surface area contributed by atoms with E-state index in [1.54, 1.807) is 25.3 Å². The molecule has 2 N–H and O–H groups in total. The molecule has 0 saturated heterocycles. The molecule has 2 aromatic carbocycles. The van der Waals surface area contributed by atoms with Crippen molar-refractivity contribution in [2.24, 2.45) is 0 Å². The van der Waals surface area contributed by atoms with Gasteiger partial charge in [0.1, 0.15) is 17.3 Å². The number of nitrogens with zero attached hydrogens (tertiary/aromatic N) is 2. The SMILES string of the molecule is COC(=O)c1cccc(NC(=O)c2cnc(Nc3cc(C)ccc3OC)cn2)c1. The molecule has 0 aliphatic heterocycles. The van der Waals surface area contributed by atoms with Crippen LogP contribution in [0.1, 0.15) is 26.4 Å². The van der Waals surface area contributed by atoms with Crippen LogP contribution >= 0.6 is 0 Å². The van der Waals surface area contributed by atoms with Gasteiger partial charge >= 0.3 is 5.97 Å². The van der Waals surface area contributed by atoms with Crippen LogP contribution < -0.4 is 15.4 Å². The van der Waals surface area contributed by atoms with Gasteiger partial charge in [0.2, 0.25) is 0 Å². The Labute approximate surface area is 167 Å². The molecule has 3 rings (SSSR count). The van der Waals surface area contributed by atoms with Gasteiger partial charge in [-0.25, -0.2) is 14.8 Å². The van der Waals surface area contributed by atoms with Crippen molar-refractivity contribution in [3.8, 4) is 5.75 Å². The number of benzene rings is 2. The Bertz CT molecular complexity index is 1040. The molecule has 0 saturated carbocycles. The van der Waals surface area contributed by atoms with Gasteiger partial charge < -0.3 is 20.1 Å². The smallest absolute Gasteiger partial charge is 0.337 e. The quantitative estimate of drug-likeness (QED) is 0.618. The van der Waals surface area contributed by atoms with E-state index in [4.69, 9.17) is 4.74 Å². The second kappa shape index (κ2) is 8.83. The molecule has 3 aromatic rings. The lowest BCUT2D eigenvalue weighted by atomic mass is 10.2. The summed E-state index contributed by atoms with van der Waals surface area (Å²) in [6, 6.07) is 12.2. The molecule has 0 atom stereocenters. The maximum atomic E-state index is 12.4. The first kappa shape index (κ1) is 19.8. The van der Waals surface area contributed by atoms with Gasteiger partial charge in [-0.2, -0.15) is 0 Å². The number of hydrogen-bond acceptors (Lipinski definition) is 7. The predicted molar refractivity (Wildman–Crippen MR) is 109 cm³/mol. The Balaban J connectivity index is 1.71. The highest BCUT2D eigenvalue weighted by molar-refractivity contribution is 6.03. The van der Waals surface area contributed by atoms with E-state index in [0.717, 1.165) is 11.3 Å². The minimum absolute atomic E-state index is 0.134. The summed E-state index contributed by atoms with van der Waals surface area (Å²) in [7, 11) is 2.88. The number of anilines is 3. The van der Waals surface area contributed by atoms with Crippen LogP contribution in [0.5, 0.6) is 5.75 Å². The number of nitrogens with one attached hydrogen (secondary N) is 2. The van der Waals surface area contributed by atoms with Crippen molar-refractivity contribution in [2.45, 2.75) is 6.92 Å². The fourth-order valence-electron chi connectivity index (χ4n) is 2.60. The molecule has 0 fully saturated rings. The fraction of sp³-hybridized carbons (Fsp3) is 0.143. The lowest BCUT2D eigenvalue weighted by Gasteiger charge is -2.11. The van der Waals surface area contributed by atoms with Gasteiger partial charge in [0, 0.05) is 5.69 Å². The monoisotopic (exact) mass is 392 g/mol. The molecule has 0 bridgehead atoms. The largest absolute Gasteiger partial charge is 0.495 e. The zero-order chi connectivity index (χ0) is 20.8. The average molecular weight is 392 g/mol. The molecule has 8 heteroatoms. The Kier molecular flexibility index (Phi) is 6.03. The van der Waals surface area contributed by atoms with E-state index >= 15 is 0 Å². The zero-order valence-corrected chi connectivity index (χ0v) is 16.2. The summed E-state index contributed by atoms with van der Waals surface area (Å²) < 4.78 is 10.0. The van der Waals surface area contributed by atoms with Crippen LogP contribution in [0.4, 0.5) is 17.2 Å². The third-order valence-corrected chi connectivity index (χ3v) is 4.04. The molecule has 0 radical (unpaired) electrons. The van der Waals surface area contributed by atoms with Gasteiger partial charge in [-0.3, -0.25) is 4.79 Å². The Morgan fingerprint density at radius 2 is 1.83 bits per heavy atom. The summed E-state index contributed by atoms with van der Waals surface area (Å²) in [6.07, 6.45) is 2.83. The third kappa shape index (κ3) is 4.86. The van der Waals surface area contributed by atoms with E-state index < -0.39 is 11.9 Å². The van der Waals surface area contributed by atoms with Crippen LogP contribution in [0, 0.1) is 6.92 Å². The molecule has 0 aliphatic carbocycles. The number of aromatic nitrogens is 2. The summed E-state index contributed by atoms with van der Waals surface area (Å²) in [5.41, 5.74) is 2.73. The van der Waals surface area contributed by atoms with Crippen molar-refractivity contribution in [1.82, 2.24) is 9.97 Å². The van der Waals surface area contributed by atoms with Crippen LogP contribution in [-0.2, 0) is 4.74 Å². The lowest BCUT2D eigenvalue weighted by Crippen LogP contribution is -2.14. The van der Waals surface area contributed by atoms with Crippen molar-refractivity contribution < 1.29 is 19.1 Å². The highest BCUT2D eigenvalue weighted by atomic mass is 16.5. The normalized spacial score (nSPS) is 10.2. The minimum atomic E-state index is -0.483. The number of methoxy groups -OCH3 is 2. The van der Waals surface area contributed by atoms with Gasteiger partial charge in [-0.1, -0.05) is 12.1 Å². The predicted octanol–water partition coefficient (Wildman–Crippen LogP) is 3.58. The molecule has 1 aromatic heterocycles. The molecule has 148 valence electrons. The topological polar surface area (TPSA) is 102 Å². The third-order valence-electron chi connectivity index (χ3n) is 4.04. The first-order valence-electron chi connectivity index (χ1n) is 8.73. The Morgan fingerprint density at radius 1 is 1.00 bits per heavy atom. The van der Waals surface area contributed by atoms with Crippen LogP contribution in [0.15, 0.2) is 54.9 Å². The van der Waals surface area contributed by atoms with E-state index in [0.29, 0.717) is 22.8 Å². The van der Waals surface area contributed by atoms with Crippen LogP contribution in [0.3, 0.4) is 0 Å². The van der Waals surface area contributed by atoms with Gasteiger partial charge in [0.05, 0.1) is 37.9 Å². The maximum Gasteiger partial charge on any atom is 0.337 e. The molecule has 0 spiro atoms. The second-order valence-electron chi connectivity index (χ2n) is 6.14. The van der Waals surface area contributed by atoms with E-state index in [9.17, 15) is 9.59 Å². The van der Waals surface area contributed by atoms with Crippen molar-refractivity contribution >= 4 is 29.1 Å². The molecule has 1 heterocycles. The van der Waals surface area contributed by atoms with Crippen LogP contribution in [-0.4, -0.2) is 36.1 Å². The number of ether oxygens (including phenoxy) is 2. The number of esters is 1. The number of carbonyl (C=O) groups is 2. The molecular weight excluding hydrogens is 372 g/mol. The average Bonchev–Trinajstić information content (AvgIpc) is 2.74. The maximum absolute atomic E-state index is 12.4. The first-order valence-corrected chi connectivity index (χ1v) is 8.73. The summed E-state index contributed by atoms with van der Waals surface area (Å²) >= 11 is 0. The summed E-state index contributed by atoms with van der Waals surface area (Å²) in [4.78, 5) is 32.4. The van der Waals surface area contributed by atoms with E-state index in [2.05, 4.69) is 25.3 Å². The fourth-order valence-corrected chi connectivity index (χ4v) is 2.60. The first-order chi connectivity index (χ1) is 14.0. The van der Waals surface area contributed by atoms with Crippen molar-refractivity contribution in [3.63, 3.8) is 0 Å². The number of carbonyl (C=O) groups excluding carboxylic acids is 2. The van der Waals surface area contributed by atoms with E-state index in [-0.39, 0.29) is 5.69 Å². The number of rotatable bonds is 6. The Hall–Kier alpha value is -3.94. The van der Waals surface area contributed by atoms with Gasteiger partial charge in [-0.15, -0.1) is 0 Å². The minimum Gasteiger partial charge on any atom is -0.495 e. The van der Waals surface area contributed by atoms with Crippen LogP contribution in [0.25, 0.3) is 0 Å². The molecule has 29 heavy (non-hydrogen) atoms. The number of amides is 1. The summed E-state index contributed by atoms with van der Waals surface area (Å²) in [6.45, 7) is 1.97. The van der Waals surface area contributed by atoms with Crippen molar-refractivity contribution in [1.29, 1.82) is 0 Å². The zero-order valence-electron chi connectivity index (χ0n) is 16.2. The summed E-state index contributed by atoms with van der Waals surface area (Å²) in [5, 5.41) is 5.81. The number of aryl methyl sites for hydroxylation is 1. The lowest BCUT2D eigenvalue weighted by molar-refractivity contribution is 0.0600. The molecular formula is C21H20N4O4. The van der Waals surface area contributed by atoms with Gasteiger partial charge in [0.15, 0.2) is 0 Å². The Morgan fingerprint density at radius 3 is 2.52 bits per heavy atom.